The van der Waals surface area contributed by atoms with Crippen LogP contribution >= 0.6 is 23.4 Å². The second kappa shape index (κ2) is 8.12. The van der Waals surface area contributed by atoms with E-state index >= 15 is 0 Å². The van der Waals surface area contributed by atoms with Crippen molar-refractivity contribution < 1.29 is 73.6 Å². The van der Waals surface area contributed by atoms with Crippen LogP contribution in [-0.4, -0.2) is 5.44 Å². The van der Waals surface area contributed by atoms with Crippen molar-refractivity contribution in [1.29, 1.82) is 0 Å². The molecule has 0 bridgehead atoms. The summed E-state index contributed by atoms with van der Waals surface area (Å²) in [5.74, 6) is 1.50. The van der Waals surface area contributed by atoms with E-state index in [0.717, 1.165) is 17.2 Å². The van der Waals surface area contributed by atoms with Crippen LogP contribution in [0, 0.1) is 12.5 Å². The van der Waals surface area contributed by atoms with Gasteiger partial charge in [-0.05, 0) is 18.1 Å². The van der Waals surface area contributed by atoms with Crippen molar-refractivity contribution in [3.05, 3.63) is 41.5 Å². The summed E-state index contributed by atoms with van der Waals surface area (Å²) >= 11 is 7.89. The molecule has 0 spiro atoms. The molecule has 1 unspecified atom stereocenters. The van der Waals surface area contributed by atoms with E-state index < -0.39 is 0 Å². The van der Waals surface area contributed by atoms with E-state index in [1.807, 2.05) is 36.6 Å². The van der Waals surface area contributed by atoms with Gasteiger partial charge in [0.25, 0.3) is 0 Å². The molecule has 0 aromatic heterocycles. The SMILES string of the molecule is C[C@H]1[CH-]OC(SCc2ccccc2Cl)C1.[Cs+]. The van der Waals surface area contributed by atoms with Gasteiger partial charge in [0.05, 0.1) is 5.44 Å². The van der Waals surface area contributed by atoms with Crippen molar-refractivity contribution in [2.45, 2.75) is 24.5 Å². The van der Waals surface area contributed by atoms with Crippen LogP contribution in [0.2, 0.25) is 5.02 Å². The first-order valence-corrected chi connectivity index (χ1v) is 6.52. The van der Waals surface area contributed by atoms with E-state index in [0.29, 0.717) is 11.4 Å². The fourth-order valence-electron chi connectivity index (χ4n) is 1.54. The second-order valence-corrected chi connectivity index (χ2v) is 5.37. The molecule has 1 nitrogen and oxygen atoms in total. The van der Waals surface area contributed by atoms with Crippen LogP contribution in [-0.2, 0) is 10.5 Å². The van der Waals surface area contributed by atoms with Gasteiger partial charge in [-0.3, -0.25) is 0 Å². The summed E-state index contributed by atoms with van der Waals surface area (Å²) in [6.07, 6.45) is 1.11. The normalized spacial score (nSPS) is 24.1. The average molecular weight is 375 g/mol. The maximum atomic E-state index is 6.08. The van der Waals surface area contributed by atoms with Crippen molar-refractivity contribution in [3.63, 3.8) is 0 Å². The smallest absolute Gasteiger partial charge is 0.542 e. The van der Waals surface area contributed by atoms with Gasteiger partial charge in [0.15, 0.2) is 0 Å². The summed E-state index contributed by atoms with van der Waals surface area (Å²) in [7, 11) is 0. The molecular formula is C12H14ClCsOS. The van der Waals surface area contributed by atoms with Gasteiger partial charge in [-0.1, -0.05) is 36.7 Å². The summed E-state index contributed by atoms with van der Waals surface area (Å²) in [6.45, 7) is 4.11. The molecule has 0 aliphatic carbocycles. The number of hydrogen-bond donors (Lipinski definition) is 0. The van der Waals surface area contributed by atoms with Gasteiger partial charge in [0, 0.05) is 10.8 Å². The molecule has 2 atom stereocenters. The number of hydrogen-bond acceptors (Lipinski definition) is 2. The Labute approximate surface area is 165 Å². The number of halogens is 1. The third kappa shape index (κ3) is 4.86. The topological polar surface area (TPSA) is 9.23 Å². The van der Waals surface area contributed by atoms with Gasteiger partial charge in [0.2, 0.25) is 0 Å². The maximum absolute atomic E-state index is 6.08. The number of thioether (sulfide) groups is 1. The van der Waals surface area contributed by atoms with E-state index in [9.17, 15) is 0 Å². The Kier molecular flexibility index (Phi) is 8.09. The molecule has 1 aromatic rings. The zero-order valence-corrected chi connectivity index (χ0v) is 17.5. The largest absolute Gasteiger partial charge is 1.00 e. The molecule has 2 rings (SSSR count). The first kappa shape index (κ1) is 15.9. The van der Waals surface area contributed by atoms with Gasteiger partial charge in [-0.25, -0.2) is 6.61 Å². The molecule has 1 fully saturated rings. The Hall–Kier alpha value is 1.87. The Morgan fingerprint density at radius 2 is 2.25 bits per heavy atom. The quantitative estimate of drug-likeness (QED) is 0.734. The van der Waals surface area contributed by atoms with Gasteiger partial charge >= 0.3 is 68.9 Å². The van der Waals surface area contributed by atoms with Gasteiger partial charge < -0.3 is 4.74 Å². The van der Waals surface area contributed by atoms with Crippen molar-refractivity contribution in [2.24, 2.45) is 5.92 Å². The molecule has 0 amide bonds. The van der Waals surface area contributed by atoms with Gasteiger partial charge in [0.1, 0.15) is 0 Å². The minimum Gasteiger partial charge on any atom is -0.542 e. The Morgan fingerprint density at radius 1 is 1.50 bits per heavy atom. The van der Waals surface area contributed by atoms with E-state index in [4.69, 9.17) is 16.3 Å². The Balaban J connectivity index is 0.00000128. The predicted molar refractivity (Wildman–Crippen MR) is 65.7 cm³/mol. The number of benzene rings is 1. The second-order valence-electron chi connectivity index (χ2n) is 3.82. The molecule has 1 aliphatic rings. The summed E-state index contributed by atoms with van der Waals surface area (Å²) in [5, 5.41) is 0.847. The van der Waals surface area contributed by atoms with Crippen LogP contribution in [0.5, 0.6) is 0 Å². The van der Waals surface area contributed by atoms with Crippen molar-refractivity contribution in [2.75, 3.05) is 0 Å². The standard InChI is InChI=1S/C12H14ClOS.Cs/c1-9-6-12(14-7-9)15-8-10-4-2-3-5-11(10)13;/h2-5,7,9,12H,6,8H2,1H3;/q-1;+1/t9-,12?;/m1./s1. The monoisotopic (exact) mass is 374 g/mol. The zero-order chi connectivity index (χ0) is 10.7. The molecule has 4 heteroatoms. The van der Waals surface area contributed by atoms with Gasteiger partial charge in [-0.2, -0.15) is 0 Å². The van der Waals surface area contributed by atoms with Crippen molar-refractivity contribution >= 4 is 23.4 Å². The van der Waals surface area contributed by atoms with Crippen LogP contribution in [0.4, 0.5) is 0 Å². The minimum atomic E-state index is 0. The van der Waals surface area contributed by atoms with Crippen LogP contribution in [0.15, 0.2) is 24.3 Å². The fourth-order valence-corrected chi connectivity index (χ4v) is 3.02. The third-order valence-corrected chi connectivity index (χ3v) is 3.93. The zero-order valence-electron chi connectivity index (χ0n) is 9.65. The number of ether oxygens (including phenoxy) is 1. The molecule has 82 valence electrons. The molecule has 1 saturated heterocycles. The van der Waals surface area contributed by atoms with E-state index in [-0.39, 0.29) is 68.9 Å². The fraction of sp³-hybridized carbons (Fsp3) is 0.417. The Bertz CT molecular complexity index is 335. The summed E-state index contributed by atoms with van der Waals surface area (Å²) in [6, 6.07) is 7.98. The molecule has 0 saturated carbocycles. The van der Waals surface area contributed by atoms with Crippen LogP contribution in [0.3, 0.4) is 0 Å². The van der Waals surface area contributed by atoms with Gasteiger partial charge in [-0.15, -0.1) is 17.7 Å². The van der Waals surface area contributed by atoms with Crippen LogP contribution in [0.1, 0.15) is 18.9 Å². The number of rotatable bonds is 3. The summed E-state index contributed by atoms with van der Waals surface area (Å²) in [5.41, 5.74) is 1.49. The molecular weight excluding hydrogens is 361 g/mol. The Morgan fingerprint density at radius 3 is 2.88 bits per heavy atom. The van der Waals surface area contributed by atoms with E-state index in [1.54, 1.807) is 0 Å². The molecule has 0 radical (unpaired) electrons. The molecule has 1 heterocycles. The average Bonchev–Trinajstić information content (AvgIpc) is 2.63. The van der Waals surface area contributed by atoms with E-state index in [2.05, 4.69) is 13.0 Å². The first-order chi connectivity index (χ1) is 7.25. The summed E-state index contributed by atoms with van der Waals surface area (Å²) in [4.78, 5) is 0. The molecule has 1 aliphatic heterocycles. The minimum absolute atomic E-state index is 0. The maximum Gasteiger partial charge on any atom is 1.00 e. The van der Waals surface area contributed by atoms with Crippen molar-refractivity contribution in [1.82, 2.24) is 0 Å². The predicted octanol–water partition coefficient (Wildman–Crippen LogP) is 1.12. The van der Waals surface area contributed by atoms with Crippen LogP contribution in [0.25, 0.3) is 0 Å². The first-order valence-electron chi connectivity index (χ1n) is 5.09. The molecule has 1 aromatic carbocycles. The van der Waals surface area contributed by atoms with Crippen LogP contribution < -0.4 is 68.9 Å². The van der Waals surface area contributed by atoms with Crippen molar-refractivity contribution in [3.8, 4) is 0 Å². The molecule has 16 heavy (non-hydrogen) atoms. The van der Waals surface area contributed by atoms with E-state index in [1.165, 1.54) is 5.56 Å². The summed E-state index contributed by atoms with van der Waals surface area (Å²) < 4.78 is 5.52. The third-order valence-electron chi connectivity index (χ3n) is 2.41. The molecule has 0 N–H and O–H groups in total.